The van der Waals surface area contributed by atoms with Gasteiger partial charge in [0.2, 0.25) is 0 Å². The number of nitrogens with zero attached hydrogens (tertiary/aromatic N) is 1. The van der Waals surface area contributed by atoms with Gasteiger partial charge in [0.25, 0.3) is 0 Å². The van der Waals surface area contributed by atoms with E-state index in [0.29, 0.717) is 11.4 Å². The van der Waals surface area contributed by atoms with Gasteiger partial charge < -0.3 is 4.57 Å². The summed E-state index contributed by atoms with van der Waals surface area (Å²) in [5, 5.41) is 1.70. The average molecular weight is 236 g/mol. The summed E-state index contributed by atoms with van der Waals surface area (Å²) < 4.78 is 1.95. The predicted molar refractivity (Wildman–Crippen MR) is 67.0 cm³/mol. The molecular weight excluding hydrogens is 222 g/mol. The zero-order valence-corrected chi connectivity index (χ0v) is 10.2. The Bertz CT molecular complexity index is 530. The van der Waals surface area contributed by atoms with E-state index in [1.54, 1.807) is 0 Å². The van der Waals surface area contributed by atoms with Crippen LogP contribution in [0.25, 0.3) is 10.9 Å². The number of halogens is 1. The second-order valence-corrected chi connectivity index (χ2v) is 4.30. The standard InChI is InChI=1S/C13H14ClNO/c1-3-13(16)9(2)15-8-11(14)10-6-4-5-7-12(10)15/h4-9H,3H2,1-2H3. The van der Waals surface area contributed by atoms with Crippen LogP contribution in [0.1, 0.15) is 26.3 Å². The number of ketones is 1. The Morgan fingerprint density at radius 2 is 2.12 bits per heavy atom. The predicted octanol–water partition coefficient (Wildman–Crippen LogP) is 3.83. The third-order valence-electron chi connectivity index (χ3n) is 2.92. The summed E-state index contributed by atoms with van der Waals surface area (Å²) in [4.78, 5) is 11.7. The Morgan fingerprint density at radius 3 is 2.81 bits per heavy atom. The number of benzene rings is 1. The van der Waals surface area contributed by atoms with Crippen LogP contribution >= 0.6 is 11.6 Å². The number of carbonyl (C=O) groups is 1. The second kappa shape index (κ2) is 4.30. The molecule has 0 amide bonds. The van der Waals surface area contributed by atoms with Crippen molar-refractivity contribution in [2.45, 2.75) is 26.3 Å². The monoisotopic (exact) mass is 235 g/mol. The number of aromatic nitrogens is 1. The van der Waals surface area contributed by atoms with Crippen LogP contribution in [0.2, 0.25) is 5.02 Å². The van der Waals surface area contributed by atoms with E-state index in [9.17, 15) is 4.79 Å². The number of para-hydroxylation sites is 1. The van der Waals surface area contributed by atoms with Crippen molar-refractivity contribution in [3.8, 4) is 0 Å². The minimum atomic E-state index is -0.151. The van der Waals surface area contributed by atoms with E-state index in [2.05, 4.69) is 0 Å². The number of carbonyl (C=O) groups excluding carboxylic acids is 1. The Labute approximate surface area is 99.8 Å². The summed E-state index contributed by atoms with van der Waals surface area (Å²) in [7, 11) is 0. The van der Waals surface area contributed by atoms with Gasteiger partial charge in [0, 0.05) is 18.0 Å². The molecule has 0 saturated carbocycles. The molecule has 0 aliphatic heterocycles. The molecule has 0 bridgehead atoms. The topological polar surface area (TPSA) is 22.0 Å². The van der Waals surface area contributed by atoms with Crippen molar-refractivity contribution in [2.75, 3.05) is 0 Å². The van der Waals surface area contributed by atoms with Crippen LogP contribution in [-0.4, -0.2) is 10.4 Å². The molecule has 3 heteroatoms. The lowest BCUT2D eigenvalue weighted by molar-refractivity contribution is -0.121. The number of fused-ring (bicyclic) bond motifs is 1. The molecule has 84 valence electrons. The van der Waals surface area contributed by atoms with Crippen molar-refractivity contribution in [3.63, 3.8) is 0 Å². The van der Waals surface area contributed by atoms with Gasteiger partial charge in [-0.05, 0) is 13.0 Å². The van der Waals surface area contributed by atoms with Crippen molar-refractivity contribution in [1.29, 1.82) is 0 Å². The van der Waals surface area contributed by atoms with E-state index in [1.165, 1.54) is 0 Å². The van der Waals surface area contributed by atoms with E-state index in [-0.39, 0.29) is 11.8 Å². The van der Waals surface area contributed by atoms with Gasteiger partial charge in [-0.1, -0.05) is 36.7 Å². The number of Topliss-reactive ketones (excluding diaryl/α,β-unsaturated/α-hetero) is 1. The van der Waals surface area contributed by atoms with Gasteiger partial charge in [0.05, 0.1) is 16.6 Å². The molecule has 2 rings (SSSR count). The van der Waals surface area contributed by atoms with Crippen molar-refractivity contribution in [2.24, 2.45) is 0 Å². The third kappa shape index (κ3) is 1.74. The van der Waals surface area contributed by atoms with Gasteiger partial charge in [-0.3, -0.25) is 4.79 Å². The van der Waals surface area contributed by atoms with Crippen LogP contribution in [0.4, 0.5) is 0 Å². The molecule has 16 heavy (non-hydrogen) atoms. The zero-order valence-electron chi connectivity index (χ0n) is 9.40. The molecule has 1 atom stereocenters. The largest absolute Gasteiger partial charge is 0.336 e. The molecule has 0 radical (unpaired) electrons. The van der Waals surface area contributed by atoms with Crippen LogP contribution in [0, 0.1) is 0 Å². The molecule has 0 aliphatic carbocycles. The maximum atomic E-state index is 11.7. The summed E-state index contributed by atoms with van der Waals surface area (Å²) in [6.45, 7) is 3.79. The van der Waals surface area contributed by atoms with Gasteiger partial charge in [0.1, 0.15) is 0 Å². The summed E-state index contributed by atoms with van der Waals surface area (Å²) >= 11 is 6.14. The van der Waals surface area contributed by atoms with Crippen LogP contribution in [-0.2, 0) is 4.79 Å². The van der Waals surface area contributed by atoms with Crippen molar-refractivity contribution in [1.82, 2.24) is 4.57 Å². The first-order valence-corrected chi connectivity index (χ1v) is 5.80. The summed E-state index contributed by atoms with van der Waals surface area (Å²) in [5.41, 5.74) is 1.02. The highest BCUT2D eigenvalue weighted by atomic mass is 35.5. The molecule has 1 unspecified atom stereocenters. The maximum absolute atomic E-state index is 11.7. The first kappa shape index (κ1) is 11.2. The molecular formula is C13H14ClNO. The first-order chi connectivity index (χ1) is 7.65. The SMILES string of the molecule is CCC(=O)C(C)n1cc(Cl)c2ccccc21. The van der Waals surface area contributed by atoms with Gasteiger partial charge in [-0.2, -0.15) is 0 Å². The lowest BCUT2D eigenvalue weighted by Gasteiger charge is -2.12. The van der Waals surface area contributed by atoms with Gasteiger partial charge >= 0.3 is 0 Å². The van der Waals surface area contributed by atoms with Gasteiger partial charge in [-0.15, -0.1) is 0 Å². The zero-order chi connectivity index (χ0) is 11.7. The molecule has 0 spiro atoms. The first-order valence-electron chi connectivity index (χ1n) is 5.43. The van der Waals surface area contributed by atoms with Crippen LogP contribution in [0.3, 0.4) is 0 Å². The lowest BCUT2D eigenvalue weighted by Crippen LogP contribution is -2.14. The molecule has 0 aliphatic rings. The van der Waals surface area contributed by atoms with E-state index in [1.807, 2.05) is 48.9 Å². The Balaban J connectivity index is 2.57. The van der Waals surface area contributed by atoms with E-state index >= 15 is 0 Å². The second-order valence-electron chi connectivity index (χ2n) is 3.90. The highest BCUT2D eigenvalue weighted by molar-refractivity contribution is 6.35. The van der Waals surface area contributed by atoms with Crippen LogP contribution < -0.4 is 0 Å². The Morgan fingerprint density at radius 1 is 1.44 bits per heavy atom. The molecule has 0 fully saturated rings. The molecule has 0 saturated heterocycles. The minimum Gasteiger partial charge on any atom is -0.336 e. The number of hydrogen-bond donors (Lipinski definition) is 0. The molecule has 2 nitrogen and oxygen atoms in total. The number of rotatable bonds is 3. The fourth-order valence-corrected chi connectivity index (χ4v) is 2.20. The fraction of sp³-hybridized carbons (Fsp3) is 0.308. The fourth-order valence-electron chi connectivity index (χ4n) is 1.93. The third-order valence-corrected chi connectivity index (χ3v) is 3.22. The van der Waals surface area contributed by atoms with Crippen molar-refractivity contribution >= 4 is 28.3 Å². The van der Waals surface area contributed by atoms with E-state index in [0.717, 1.165) is 10.9 Å². The molecule has 1 heterocycles. The van der Waals surface area contributed by atoms with Crippen molar-refractivity contribution < 1.29 is 4.79 Å². The quantitative estimate of drug-likeness (QED) is 0.793. The highest BCUT2D eigenvalue weighted by Gasteiger charge is 2.16. The Kier molecular flexibility index (Phi) is 3.01. The normalized spacial score (nSPS) is 12.9. The van der Waals surface area contributed by atoms with Crippen LogP contribution in [0.15, 0.2) is 30.5 Å². The average Bonchev–Trinajstić information content (AvgIpc) is 2.65. The molecule has 1 aromatic carbocycles. The highest BCUT2D eigenvalue weighted by Crippen LogP contribution is 2.28. The van der Waals surface area contributed by atoms with Gasteiger partial charge in [-0.25, -0.2) is 0 Å². The maximum Gasteiger partial charge on any atom is 0.155 e. The summed E-state index contributed by atoms with van der Waals surface area (Å²) in [6.07, 6.45) is 2.38. The Hall–Kier alpha value is -1.28. The van der Waals surface area contributed by atoms with Crippen LogP contribution in [0.5, 0.6) is 0 Å². The molecule has 2 aromatic rings. The molecule has 0 N–H and O–H groups in total. The summed E-state index contributed by atoms with van der Waals surface area (Å²) in [5.74, 6) is 0.220. The molecule has 1 aromatic heterocycles. The van der Waals surface area contributed by atoms with Crippen molar-refractivity contribution in [3.05, 3.63) is 35.5 Å². The van der Waals surface area contributed by atoms with Gasteiger partial charge in [0.15, 0.2) is 5.78 Å². The number of hydrogen-bond acceptors (Lipinski definition) is 1. The van der Waals surface area contributed by atoms with E-state index < -0.39 is 0 Å². The lowest BCUT2D eigenvalue weighted by atomic mass is 10.1. The summed E-state index contributed by atoms with van der Waals surface area (Å²) in [6, 6.07) is 7.71. The van der Waals surface area contributed by atoms with E-state index in [4.69, 9.17) is 11.6 Å². The minimum absolute atomic E-state index is 0.151. The smallest absolute Gasteiger partial charge is 0.155 e.